The van der Waals surface area contributed by atoms with Gasteiger partial charge < -0.3 is 24.4 Å². The van der Waals surface area contributed by atoms with E-state index in [-0.39, 0.29) is 0 Å². The van der Waals surface area contributed by atoms with Gasteiger partial charge in [-0.1, -0.05) is 0 Å². The van der Waals surface area contributed by atoms with Crippen LogP contribution in [0.15, 0.2) is 24.3 Å². The molecule has 7 heteroatoms. The van der Waals surface area contributed by atoms with Crippen LogP contribution in [0.3, 0.4) is 0 Å². The van der Waals surface area contributed by atoms with E-state index < -0.39 is 17.6 Å². The van der Waals surface area contributed by atoms with Crippen LogP contribution in [0.25, 0.3) is 0 Å². The quantitative estimate of drug-likeness (QED) is 0.823. The lowest BCUT2D eigenvalue weighted by Gasteiger charge is -2.37. The summed E-state index contributed by atoms with van der Waals surface area (Å²) in [5.41, 5.74) is 0.556. The largest absolute Gasteiger partial charge is 0.497 e. The van der Waals surface area contributed by atoms with Gasteiger partial charge in [0, 0.05) is 31.6 Å². The van der Waals surface area contributed by atoms with E-state index in [0.717, 1.165) is 0 Å². The number of likely N-dealkylation sites (tertiary alicyclic amines) is 1. The zero-order valence-corrected chi connectivity index (χ0v) is 13.0. The van der Waals surface area contributed by atoms with Crippen LogP contribution >= 0.6 is 0 Å². The number of carbonyl (C=O) groups is 2. The second kappa shape index (κ2) is 6.55. The molecule has 2 aliphatic rings. The minimum absolute atomic E-state index is 0.453. The molecule has 1 aromatic rings. The highest BCUT2D eigenvalue weighted by Gasteiger charge is 2.41. The Labute approximate surface area is 134 Å². The number of nitrogens with one attached hydrogen (secondary N) is 1. The van der Waals surface area contributed by atoms with Crippen molar-refractivity contribution in [2.45, 2.75) is 18.6 Å². The minimum Gasteiger partial charge on any atom is -0.497 e. The van der Waals surface area contributed by atoms with Crippen molar-refractivity contribution in [1.29, 1.82) is 0 Å². The van der Waals surface area contributed by atoms with E-state index in [9.17, 15) is 9.59 Å². The lowest BCUT2D eigenvalue weighted by atomic mass is 10.0. The second-order valence-corrected chi connectivity index (χ2v) is 5.58. The average Bonchev–Trinajstić information content (AvgIpc) is 3.03. The lowest BCUT2D eigenvalue weighted by molar-refractivity contribution is -0.187. The number of hydrogen-bond acceptors (Lipinski definition) is 5. The number of ether oxygens (including phenoxy) is 3. The van der Waals surface area contributed by atoms with Crippen molar-refractivity contribution in [1.82, 2.24) is 4.90 Å². The molecule has 2 fully saturated rings. The molecule has 2 heterocycles. The molecular formula is C16H20N2O5. The number of benzene rings is 1. The van der Waals surface area contributed by atoms with Gasteiger partial charge in [-0.05, 0) is 24.3 Å². The summed E-state index contributed by atoms with van der Waals surface area (Å²) in [5, 5.41) is 2.60. The number of rotatable bonds is 2. The number of amides is 2. The van der Waals surface area contributed by atoms with Crippen LogP contribution in [0.5, 0.6) is 5.75 Å². The number of methoxy groups -OCH3 is 1. The topological polar surface area (TPSA) is 77.1 Å². The minimum atomic E-state index is -0.639. The molecule has 0 bridgehead atoms. The highest BCUT2D eigenvalue weighted by molar-refractivity contribution is 6.39. The molecule has 0 aliphatic carbocycles. The van der Waals surface area contributed by atoms with E-state index >= 15 is 0 Å². The summed E-state index contributed by atoms with van der Waals surface area (Å²) in [6, 6.07) is 6.82. The fourth-order valence-corrected chi connectivity index (χ4v) is 2.84. The van der Waals surface area contributed by atoms with Gasteiger partial charge in [0.25, 0.3) is 0 Å². The average molecular weight is 320 g/mol. The molecule has 2 amide bonds. The predicted octanol–water partition coefficient (Wildman–Crippen LogP) is 0.999. The monoisotopic (exact) mass is 320 g/mol. The van der Waals surface area contributed by atoms with Crippen LogP contribution in [-0.4, -0.2) is 55.9 Å². The van der Waals surface area contributed by atoms with Crippen molar-refractivity contribution >= 4 is 17.5 Å². The first-order valence-electron chi connectivity index (χ1n) is 7.64. The van der Waals surface area contributed by atoms with Crippen LogP contribution in [0.2, 0.25) is 0 Å². The summed E-state index contributed by atoms with van der Waals surface area (Å²) in [6.45, 7) is 2.08. The maximum Gasteiger partial charge on any atom is 0.313 e. The van der Waals surface area contributed by atoms with Crippen molar-refractivity contribution in [3.63, 3.8) is 0 Å². The molecule has 3 rings (SSSR count). The molecule has 0 aromatic heterocycles. The number of piperidine rings is 1. The van der Waals surface area contributed by atoms with Crippen molar-refractivity contribution in [3.8, 4) is 5.75 Å². The Morgan fingerprint density at radius 3 is 2.30 bits per heavy atom. The fourth-order valence-electron chi connectivity index (χ4n) is 2.84. The Hall–Kier alpha value is -2.12. The SMILES string of the molecule is COc1ccc(NC(=O)C(=O)N2CCC3(CC2)OCCO3)cc1. The summed E-state index contributed by atoms with van der Waals surface area (Å²) >= 11 is 0. The summed E-state index contributed by atoms with van der Waals surface area (Å²) in [6.07, 6.45) is 1.18. The standard InChI is InChI=1S/C16H20N2O5/c1-21-13-4-2-12(3-5-13)17-14(19)15(20)18-8-6-16(7-9-18)22-10-11-23-16/h2-5H,6-11H2,1H3,(H,17,19). The summed E-state index contributed by atoms with van der Waals surface area (Å²) in [4.78, 5) is 25.9. The van der Waals surface area contributed by atoms with Gasteiger partial charge in [0.1, 0.15) is 5.75 Å². The molecule has 7 nitrogen and oxygen atoms in total. The number of hydrogen-bond donors (Lipinski definition) is 1. The first-order chi connectivity index (χ1) is 11.1. The van der Waals surface area contributed by atoms with Crippen LogP contribution in [0, 0.1) is 0 Å². The molecule has 0 radical (unpaired) electrons. The van der Waals surface area contributed by atoms with Crippen LogP contribution < -0.4 is 10.1 Å². The Bertz CT molecular complexity index is 571. The maximum absolute atomic E-state index is 12.2. The van der Waals surface area contributed by atoms with Crippen LogP contribution in [0.4, 0.5) is 5.69 Å². The first kappa shape index (κ1) is 15.8. The van der Waals surface area contributed by atoms with Gasteiger partial charge >= 0.3 is 11.8 Å². The third kappa shape index (κ3) is 3.46. The maximum atomic E-state index is 12.2. The van der Waals surface area contributed by atoms with Gasteiger partial charge in [-0.25, -0.2) is 0 Å². The van der Waals surface area contributed by atoms with Gasteiger partial charge in [-0.3, -0.25) is 9.59 Å². The van der Waals surface area contributed by atoms with E-state index in [1.165, 1.54) is 4.90 Å². The van der Waals surface area contributed by atoms with E-state index in [0.29, 0.717) is 50.6 Å². The third-order valence-electron chi connectivity index (χ3n) is 4.17. The highest BCUT2D eigenvalue weighted by atomic mass is 16.7. The first-order valence-corrected chi connectivity index (χ1v) is 7.64. The fraction of sp³-hybridized carbons (Fsp3) is 0.500. The molecule has 124 valence electrons. The summed E-state index contributed by atoms with van der Waals surface area (Å²) < 4.78 is 16.3. The zero-order chi connectivity index (χ0) is 16.3. The lowest BCUT2D eigenvalue weighted by Crippen LogP contribution is -2.50. The van der Waals surface area contributed by atoms with Gasteiger partial charge in [0.2, 0.25) is 0 Å². The zero-order valence-electron chi connectivity index (χ0n) is 13.0. The normalized spacial score (nSPS) is 19.6. The second-order valence-electron chi connectivity index (χ2n) is 5.58. The molecule has 0 unspecified atom stereocenters. The van der Waals surface area contributed by atoms with Gasteiger partial charge in [0.05, 0.1) is 20.3 Å². The molecule has 1 aromatic carbocycles. The number of carbonyl (C=O) groups excluding carboxylic acids is 2. The highest BCUT2D eigenvalue weighted by Crippen LogP contribution is 2.31. The Balaban J connectivity index is 1.54. The summed E-state index contributed by atoms with van der Waals surface area (Å²) in [7, 11) is 1.57. The van der Waals surface area contributed by atoms with Gasteiger partial charge in [0.15, 0.2) is 5.79 Å². The van der Waals surface area contributed by atoms with Crippen molar-refractivity contribution in [2.75, 3.05) is 38.7 Å². The molecule has 0 saturated carbocycles. The molecule has 1 spiro atoms. The van der Waals surface area contributed by atoms with Crippen molar-refractivity contribution < 1.29 is 23.8 Å². The molecule has 23 heavy (non-hydrogen) atoms. The molecular weight excluding hydrogens is 300 g/mol. The third-order valence-corrected chi connectivity index (χ3v) is 4.17. The van der Waals surface area contributed by atoms with E-state index in [1.54, 1.807) is 31.4 Å². The Morgan fingerprint density at radius 1 is 1.13 bits per heavy atom. The van der Waals surface area contributed by atoms with Crippen molar-refractivity contribution in [2.24, 2.45) is 0 Å². The van der Waals surface area contributed by atoms with E-state index in [4.69, 9.17) is 14.2 Å². The molecule has 0 atom stereocenters. The van der Waals surface area contributed by atoms with Gasteiger partial charge in [-0.2, -0.15) is 0 Å². The van der Waals surface area contributed by atoms with Crippen LogP contribution in [0.1, 0.15) is 12.8 Å². The molecule has 2 saturated heterocycles. The number of anilines is 1. The summed E-state index contributed by atoms with van der Waals surface area (Å²) in [5.74, 6) is -1.04. The number of nitrogens with zero attached hydrogens (tertiary/aromatic N) is 1. The van der Waals surface area contributed by atoms with E-state index in [2.05, 4.69) is 5.32 Å². The Morgan fingerprint density at radius 2 is 1.74 bits per heavy atom. The Kier molecular flexibility index (Phi) is 4.49. The molecule has 2 aliphatic heterocycles. The molecule has 1 N–H and O–H groups in total. The predicted molar refractivity (Wildman–Crippen MR) is 82.1 cm³/mol. The van der Waals surface area contributed by atoms with Gasteiger partial charge in [-0.15, -0.1) is 0 Å². The van der Waals surface area contributed by atoms with Crippen molar-refractivity contribution in [3.05, 3.63) is 24.3 Å². The van der Waals surface area contributed by atoms with E-state index in [1.807, 2.05) is 0 Å². The smallest absolute Gasteiger partial charge is 0.313 e. The van der Waals surface area contributed by atoms with Crippen LogP contribution in [-0.2, 0) is 19.1 Å².